The van der Waals surface area contributed by atoms with Crippen molar-refractivity contribution in [2.24, 2.45) is 0 Å². The molecule has 0 rings (SSSR count). The molecular weight excluding hydrogens is 172 g/mol. The van der Waals surface area contributed by atoms with Gasteiger partial charge in [-0.05, 0) is 0 Å². The highest BCUT2D eigenvalue weighted by Gasteiger charge is 2.09. The van der Waals surface area contributed by atoms with Crippen molar-refractivity contribution in [1.82, 2.24) is 0 Å². The van der Waals surface area contributed by atoms with Gasteiger partial charge in [0, 0.05) is 0 Å². The van der Waals surface area contributed by atoms with Gasteiger partial charge >= 0.3 is 0 Å². The highest BCUT2D eigenvalue weighted by molar-refractivity contribution is 9.09. The number of aliphatic hydroxyl groups is 2. The summed E-state index contributed by atoms with van der Waals surface area (Å²) >= 11 is 2.96. The van der Waals surface area contributed by atoms with E-state index < -0.39 is 10.9 Å². The van der Waals surface area contributed by atoms with Gasteiger partial charge in [0.25, 0.3) is 0 Å². The molecule has 0 unspecified atom stereocenters. The van der Waals surface area contributed by atoms with Crippen molar-refractivity contribution in [3.63, 3.8) is 0 Å². The number of aliphatic hydroxyl groups excluding tert-OH is 2. The number of rotatable bonds is 2. The molecule has 0 bridgehead atoms. The molecule has 0 aromatic rings. The second kappa shape index (κ2) is 3.90. The minimum atomic E-state index is -0.889. The van der Waals surface area contributed by atoms with Gasteiger partial charge in [-0.2, -0.15) is 0 Å². The fourth-order valence-corrected chi connectivity index (χ4v) is 0.357. The van der Waals surface area contributed by atoms with Crippen molar-refractivity contribution in [1.29, 1.82) is 0 Å². The summed E-state index contributed by atoms with van der Waals surface area (Å²) in [4.78, 5) is -0.396. The monoisotopic (exact) mass is 178 g/mol. The maximum Gasteiger partial charge on any atom is 0.129 e. The number of hydrogen-bond acceptors (Lipinski definition) is 2. The number of halogens is 1. The summed E-state index contributed by atoms with van der Waals surface area (Å²) in [6.07, 6.45) is 3.92. The van der Waals surface area contributed by atoms with Crippen LogP contribution in [-0.2, 0) is 0 Å². The Morgan fingerprint density at radius 3 is 2.38 bits per heavy atom. The summed E-state index contributed by atoms with van der Waals surface area (Å²) in [5.74, 6) is 2.06. The van der Waals surface area contributed by atoms with E-state index in [-0.39, 0.29) is 6.61 Å². The van der Waals surface area contributed by atoms with E-state index in [9.17, 15) is 0 Å². The van der Waals surface area contributed by atoms with Gasteiger partial charge in [-0.1, -0.05) is 21.9 Å². The molecular formula is C5H7BrO2. The SMILES string of the molecule is C#C[C@H](O)[C@@H](Br)CO. The van der Waals surface area contributed by atoms with E-state index in [0.717, 1.165) is 0 Å². The minimum absolute atomic E-state index is 0.147. The van der Waals surface area contributed by atoms with Crippen molar-refractivity contribution in [2.75, 3.05) is 6.61 Å². The van der Waals surface area contributed by atoms with Crippen LogP contribution in [-0.4, -0.2) is 27.8 Å². The second-order valence-electron chi connectivity index (χ2n) is 1.31. The molecule has 0 aliphatic heterocycles. The van der Waals surface area contributed by atoms with E-state index in [0.29, 0.717) is 0 Å². The van der Waals surface area contributed by atoms with E-state index in [1.54, 1.807) is 0 Å². The summed E-state index contributed by atoms with van der Waals surface area (Å²) in [6.45, 7) is -0.147. The topological polar surface area (TPSA) is 40.5 Å². The van der Waals surface area contributed by atoms with Gasteiger partial charge in [-0.15, -0.1) is 6.42 Å². The molecule has 2 nitrogen and oxygen atoms in total. The van der Waals surface area contributed by atoms with E-state index >= 15 is 0 Å². The molecule has 0 radical (unpaired) electrons. The quantitative estimate of drug-likeness (QED) is 0.452. The van der Waals surface area contributed by atoms with E-state index in [4.69, 9.17) is 16.6 Å². The van der Waals surface area contributed by atoms with E-state index in [1.165, 1.54) is 0 Å². The van der Waals surface area contributed by atoms with Gasteiger partial charge in [0.15, 0.2) is 0 Å². The van der Waals surface area contributed by atoms with Crippen LogP contribution in [0.4, 0.5) is 0 Å². The third kappa shape index (κ3) is 2.31. The van der Waals surface area contributed by atoms with Crippen LogP contribution >= 0.6 is 15.9 Å². The largest absolute Gasteiger partial charge is 0.395 e. The fraction of sp³-hybridized carbons (Fsp3) is 0.600. The molecule has 0 aromatic carbocycles. The molecule has 0 aliphatic carbocycles. The highest BCUT2D eigenvalue weighted by Crippen LogP contribution is 2.02. The zero-order chi connectivity index (χ0) is 6.57. The standard InChI is InChI=1S/C5H7BrO2/c1-2-5(8)4(6)3-7/h1,4-5,7-8H,3H2/t4-,5-/m0/s1. The smallest absolute Gasteiger partial charge is 0.129 e. The Bertz CT molecular complexity index is 97.1. The van der Waals surface area contributed by atoms with Crippen LogP contribution in [0.1, 0.15) is 0 Å². The molecule has 0 aromatic heterocycles. The molecule has 2 N–H and O–H groups in total. The molecule has 0 spiro atoms. The maximum absolute atomic E-state index is 8.68. The Kier molecular flexibility index (Phi) is 3.88. The van der Waals surface area contributed by atoms with Crippen LogP contribution in [0.25, 0.3) is 0 Å². The highest BCUT2D eigenvalue weighted by atomic mass is 79.9. The number of hydrogen-bond donors (Lipinski definition) is 2. The molecule has 0 aliphatic rings. The molecule has 46 valence electrons. The van der Waals surface area contributed by atoms with Crippen LogP contribution < -0.4 is 0 Å². The molecule has 0 heterocycles. The minimum Gasteiger partial charge on any atom is -0.395 e. The summed E-state index contributed by atoms with van der Waals surface area (Å²) < 4.78 is 0. The van der Waals surface area contributed by atoms with Crippen LogP contribution in [0, 0.1) is 12.3 Å². The normalized spacial score (nSPS) is 16.8. The fourth-order valence-electron chi connectivity index (χ4n) is 0.204. The molecule has 0 saturated carbocycles. The average molecular weight is 179 g/mol. The summed E-state index contributed by atoms with van der Waals surface area (Å²) in [5.41, 5.74) is 0. The first kappa shape index (κ1) is 7.96. The van der Waals surface area contributed by atoms with Crippen molar-refractivity contribution < 1.29 is 10.2 Å². The van der Waals surface area contributed by atoms with Crippen molar-refractivity contribution in [3.05, 3.63) is 0 Å². The molecule has 3 heteroatoms. The molecule has 2 atom stereocenters. The van der Waals surface area contributed by atoms with E-state index in [2.05, 4.69) is 21.9 Å². The van der Waals surface area contributed by atoms with Gasteiger partial charge in [-0.25, -0.2) is 0 Å². The average Bonchev–Trinajstić information content (AvgIpc) is 1.84. The van der Waals surface area contributed by atoms with Crippen LogP contribution in [0.5, 0.6) is 0 Å². The molecule has 0 saturated heterocycles. The first-order valence-corrected chi connectivity index (χ1v) is 3.03. The Morgan fingerprint density at radius 1 is 1.75 bits per heavy atom. The van der Waals surface area contributed by atoms with Gasteiger partial charge < -0.3 is 10.2 Å². The maximum atomic E-state index is 8.68. The molecule has 8 heavy (non-hydrogen) atoms. The Balaban J connectivity index is 3.49. The lowest BCUT2D eigenvalue weighted by Crippen LogP contribution is -2.21. The molecule has 0 amide bonds. The Hall–Kier alpha value is -0.0400. The first-order chi connectivity index (χ1) is 3.72. The Labute approximate surface area is 56.7 Å². The zero-order valence-corrected chi connectivity index (χ0v) is 5.80. The van der Waals surface area contributed by atoms with Crippen molar-refractivity contribution in [2.45, 2.75) is 10.9 Å². The number of terminal acetylenes is 1. The second-order valence-corrected chi connectivity index (χ2v) is 2.49. The van der Waals surface area contributed by atoms with Crippen LogP contribution in [0.3, 0.4) is 0 Å². The van der Waals surface area contributed by atoms with Gasteiger partial charge in [-0.3, -0.25) is 0 Å². The van der Waals surface area contributed by atoms with Crippen LogP contribution in [0.15, 0.2) is 0 Å². The van der Waals surface area contributed by atoms with E-state index in [1.807, 2.05) is 0 Å². The summed E-state index contributed by atoms with van der Waals surface area (Å²) in [6, 6.07) is 0. The van der Waals surface area contributed by atoms with Gasteiger partial charge in [0.1, 0.15) is 6.10 Å². The molecule has 0 fully saturated rings. The summed E-state index contributed by atoms with van der Waals surface area (Å²) in [5, 5.41) is 17.0. The Morgan fingerprint density at radius 2 is 2.25 bits per heavy atom. The van der Waals surface area contributed by atoms with Crippen LogP contribution in [0.2, 0.25) is 0 Å². The third-order valence-electron chi connectivity index (χ3n) is 0.688. The predicted octanol–water partition coefficient (Wildman–Crippen LogP) is -0.264. The van der Waals surface area contributed by atoms with Crippen molar-refractivity contribution >= 4 is 15.9 Å². The summed E-state index contributed by atoms with van der Waals surface area (Å²) in [7, 11) is 0. The zero-order valence-electron chi connectivity index (χ0n) is 4.21. The lowest BCUT2D eigenvalue weighted by Gasteiger charge is -2.06. The van der Waals surface area contributed by atoms with Gasteiger partial charge in [0.05, 0.1) is 11.4 Å². The first-order valence-electron chi connectivity index (χ1n) is 2.11. The van der Waals surface area contributed by atoms with Crippen molar-refractivity contribution in [3.8, 4) is 12.3 Å². The lowest BCUT2D eigenvalue weighted by atomic mass is 10.3. The lowest BCUT2D eigenvalue weighted by molar-refractivity contribution is 0.187. The van der Waals surface area contributed by atoms with Gasteiger partial charge in [0.2, 0.25) is 0 Å². The number of alkyl halides is 1. The third-order valence-corrected chi connectivity index (χ3v) is 1.48. The predicted molar refractivity (Wildman–Crippen MR) is 34.6 cm³/mol.